The maximum atomic E-state index is 6.20. The highest BCUT2D eigenvalue weighted by Gasteiger charge is 2.65. The van der Waals surface area contributed by atoms with Gasteiger partial charge in [0.15, 0.2) is 5.60 Å². The Morgan fingerprint density at radius 2 is 1.60 bits per heavy atom. The van der Waals surface area contributed by atoms with Crippen LogP contribution in [-0.2, 0) is 36.0 Å². The molecule has 0 amide bonds. The van der Waals surface area contributed by atoms with E-state index in [1.54, 1.807) is 28.4 Å². The Hall–Kier alpha value is -2.00. The summed E-state index contributed by atoms with van der Waals surface area (Å²) in [5, 5.41) is 0. The zero-order valence-corrected chi connectivity index (χ0v) is 21.5. The van der Waals surface area contributed by atoms with Crippen molar-refractivity contribution in [3.63, 3.8) is 0 Å². The molecule has 2 unspecified atom stereocenters. The number of methoxy groups -OCH3 is 4. The van der Waals surface area contributed by atoms with Crippen molar-refractivity contribution in [3.8, 4) is 5.75 Å². The number of hydrogen-bond acceptors (Lipinski definition) is 7. The van der Waals surface area contributed by atoms with Gasteiger partial charge in [-0.3, -0.25) is 4.90 Å². The monoisotopic (exact) mass is 485 g/mol. The maximum absolute atomic E-state index is 6.20. The van der Waals surface area contributed by atoms with Crippen LogP contribution in [-0.4, -0.2) is 71.9 Å². The molecule has 35 heavy (non-hydrogen) atoms. The molecule has 0 spiro atoms. The van der Waals surface area contributed by atoms with E-state index < -0.39 is 11.4 Å². The summed E-state index contributed by atoms with van der Waals surface area (Å²) >= 11 is 0. The molecule has 192 valence electrons. The highest BCUT2D eigenvalue weighted by Crippen LogP contribution is 2.58. The molecular weight excluding hydrogens is 446 g/mol. The summed E-state index contributed by atoms with van der Waals surface area (Å²) in [6.07, 6.45) is 2.13. The molecule has 1 aliphatic carbocycles. The predicted octanol–water partition coefficient (Wildman–Crippen LogP) is 4.30. The van der Waals surface area contributed by atoms with E-state index in [-0.39, 0.29) is 6.10 Å². The molecule has 1 saturated heterocycles. The van der Waals surface area contributed by atoms with Gasteiger partial charge in [-0.1, -0.05) is 36.4 Å². The Kier molecular flexibility index (Phi) is 8.81. The molecular formula is C28H39NO6. The fourth-order valence-electron chi connectivity index (χ4n) is 5.67. The first-order chi connectivity index (χ1) is 17.1. The summed E-state index contributed by atoms with van der Waals surface area (Å²) in [6, 6.07) is 16.5. The molecule has 1 fully saturated rings. The first kappa shape index (κ1) is 26.1. The molecule has 2 aromatic carbocycles. The van der Waals surface area contributed by atoms with Crippen LogP contribution in [0.2, 0.25) is 0 Å². The van der Waals surface area contributed by atoms with Gasteiger partial charge in [0, 0.05) is 53.6 Å². The van der Waals surface area contributed by atoms with E-state index in [1.807, 2.05) is 18.2 Å². The fourth-order valence-corrected chi connectivity index (χ4v) is 5.67. The summed E-state index contributed by atoms with van der Waals surface area (Å²) in [7, 11) is 6.75. The number of morpholine rings is 1. The molecule has 7 heteroatoms. The molecule has 0 aromatic heterocycles. The lowest BCUT2D eigenvalue weighted by Gasteiger charge is -2.45. The Morgan fingerprint density at radius 3 is 2.26 bits per heavy atom. The molecule has 2 atom stereocenters. The van der Waals surface area contributed by atoms with Gasteiger partial charge in [-0.25, -0.2) is 0 Å². The van der Waals surface area contributed by atoms with Crippen molar-refractivity contribution in [1.82, 2.24) is 4.90 Å². The van der Waals surface area contributed by atoms with Gasteiger partial charge < -0.3 is 28.4 Å². The van der Waals surface area contributed by atoms with Crippen molar-refractivity contribution >= 4 is 0 Å². The Labute approximate surface area is 209 Å². The fraction of sp³-hybridized carbons (Fsp3) is 0.571. The number of nitrogens with zero attached hydrogens (tertiary/aromatic N) is 1. The Balaban J connectivity index is 1.34. The third-order valence-electron chi connectivity index (χ3n) is 7.40. The normalized spacial score (nSPS) is 23.8. The minimum absolute atomic E-state index is 0.302. The lowest BCUT2D eigenvalue weighted by Crippen LogP contribution is -2.55. The Bertz CT molecular complexity index is 925. The van der Waals surface area contributed by atoms with E-state index >= 15 is 0 Å². The van der Waals surface area contributed by atoms with Crippen molar-refractivity contribution in [1.29, 1.82) is 0 Å². The standard InChI is InChI=1S/C28H39NO6/c1-30-26-24-9-5-6-10-25(24)28(32-3,33-4)27(26,31-2)15-7-8-18-35-23-13-11-22(12-14-23)21-29-16-19-34-20-17-29/h5-6,9-14,26H,7-8,15-21H2,1-4H3. The van der Waals surface area contributed by atoms with Crippen LogP contribution < -0.4 is 4.74 Å². The van der Waals surface area contributed by atoms with Crippen LogP contribution in [0.4, 0.5) is 0 Å². The quantitative estimate of drug-likeness (QED) is 0.328. The van der Waals surface area contributed by atoms with Gasteiger partial charge in [0.05, 0.1) is 19.8 Å². The zero-order chi connectivity index (χ0) is 24.7. The third-order valence-corrected chi connectivity index (χ3v) is 7.40. The average Bonchev–Trinajstić information content (AvgIpc) is 3.15. The summed E-state index contributed by atoms with van der Waals surface area (Å²) < 4.78 is 35.7. The molecule has 0 radical (unpaired) electrons. The van der Waals surface area contributed by atoms with Crippen LogP contribution in [0.3, 0.4) is 0 Å². The first-order valence-corrected chi connectivity index (χ1v) is 12.4. The first-order valence-electron chi connectivity index (χ1n) is 12.4. The third kappa shape index (κ3) is 4.99. The van der Waals surface area contributed by atoms with Crippen LogP contribution in [0.5, 0.6) is 5.75 Å². The van der Waals surface area contributed by atoms with Crippen LogP contribution in [0.25, 0.3) is 0 Å². The molecule has 0 N–H and O–H groups in total. The summed E-state index contributed by atoms with van der Waals surface area (Å²) in [5.41, 5.74) is 2.47. The molecule has 2 aromatic rings. The van der Waals surface area contributed by atoms with Crippen molar-refractivity contribution in [2.45, 2.75) is 43.3 Å². The second-order valence-corrected chi connectivity index (χ2v) is 9.16. The SMILES string of the molecule is COC1c2ccccc2C(OC)(OC)C1(CCCCOc1ccc(CN2CCOCC2)cc1)OC. The van der Waals surface area contributed by atoms with Crippen LogP contribution in [0.15, 0.2) is 48.5 Å². The van der Waals surface area contributed by atoms with E-state index in [4.69, 9.17) is 28.4 Å². The lowest BCUT2D eigenvalue weighted by atomic mass is 9.85. The Morgan fingerprint density at radius 1 is 0.886 bits per heavy atom. The van der Waals surface area contributed by atoms with Crippen LogP contribution >= 0.6 is 0 Å². The van der Waals surface area contributed by atoms with Crippen molar-refractivity contribution in [2.24, 2.45) is 0 Å². The molecule has 1 aliphatic heterocycles. The maximum Gasteiger partial charge on any atom is 0.227 e. The van der Waals surface area contributed by atoms with Gasteiger partial charge in [0.1, 0.15) is 11.9 Å². The highest BCUT2D eigenvalue weighted by molar-refractivity contribution is 5.44. The number of ether oxygens (including phenoxy) is 6. The zero-order valence-electron chi connectivity index (χ0n) is 21.5. The van der Waals surface area contributed by atoms with Gasteiger partial charge in [0.25, 0.3) is 0 Å². The van der Waals surface area contributed by atoms with E-state index in [0.29, 0.717) is 13.0 Å². The average molecular weight is 486 g/mol. The highest BCUT2D eigenvalue weighted by atomic mass is 16.7. The van der Waals surface area contributed by atoms with Gasteiger partial charge in [0.2, 0.25) is 5.79 Å². The van der Waals surface area contributed by atoms with E-state index in [1.165, 1.54) is 5.56 Å². The van der Waals surface area contributed by atoms with Crippen molar-refractivity contribution < 1.29 is 28.4 Å². The largest absolute Gasteiger partial charge is 0.494 e. The molecule has 7 nitrogen and oxygen atoms in total. The number of rotatable bonds is 12. The summed E-state index contributed by atoms with van der Waals surface area (Å²) in [4.78, 5) is 2.42. The molecule has 0 bridgehead atoms. The molecule has 0 saturated carbocycles. The number of fused-ring (bicyclic) bond motifs is 1. The van der Waals surface area contributed by atoms with Gasteiger partial charge in [-0.05, 0) is 42.5 Å². The van der Waals surface area contributed by atoms with Gasteiger partial charge >= 0.3 is 0 Å². The molecule has 4 rings (SSSR count). The lowest BCUT2D eigenvalue weighted by molar-refractivity contribution is -0.334. The molecule has 1 heterocycles. The number of unbranched alkanes of at least 4 members (excludes halogenated alkanes) is 1. The van der Waals surface area contributed by atoms with Gasteiger partial charge in [-0.15, -0.1) is 0 Å². The number of hydrogen-bond donors (Lipinski definition) is 0. The molecule has 2 aliphatic rings. The van der Waals surface area contributed by atoms with Crippen LogP contribution in [0, 0.1) is 0 Å². The summed E-state index contributed by atoms with van der Waals surface area (Å²) in [6.45, 7) is 5.19. The summed E-state index contributed by atoms with van der Waals surface area (Å²) in [5.74, 6) is -0.153. The van der Waals surface area contributed by atoms with Crippen LogP contribution in [0.1, 0.15) is 42.1 Å². The van der Waals surface area contributed by atoms with E-state index in [2.05, 4.69) is 35.2 Å². The van der Waals surface area contributed by atoms with Crippen molar-refractivity contribution in [3.05, 3.63) is 65.2 Å². The predicted molar refractivity (Wildman–Crippen MR) is 134 cm³/mol. The minimum atomic E-state index is -1.05. The minimum Gasteiger partial charge on any atom is -0.494 e. The van der Waals surface area contributed by atoms with E-state index in [0.717, 1.165) is 62.6 Å². The van der Waals surface area contributed by atoms with Gasteiger partial charge in [-0.2, -0.15) is 0 Å². The van der Waals surface area contributed by atoms with Crippen molar-refractivity contribution in [2.75, 3.05) is 61.3 Å². The second-order valence-electron chi connectivity index (χ2n) is 9.16. The topological polar surface area (TPSA) is 58.6 Å². The van der Waals surface area contributed by atoms with E-state index in [9.17, 15) is 0 Å². The second kappa shape index (κ2) is 11.8. The smallest absolute Gasteiger partial charge is 0.227 e. The number of benzene rings is 2.